The Kier molecular flexibility index (Phi) is 5.96. The van der Waals surface area contributed by atoms with Crippen molar-refractivity contribution in [3.05, 3.63) is 35.2 Å². The molecule has 0 aromatic rings. The van der Waals surface area contributed by atoms with Gasteiger partial charge in [0.05, 0.1) is 6.61 Å². The average Bonchev–Trinajstić information content (AvgIpc) is 3.40. The van der Waals surface area contributed by atoms with Gasteiger partial charge in [-0.3, -0.25) is 0 Å². The van der Waals surface area contributed by atoms with Crippen LogP contribution in [0.2, 0.25) is 0 Å². The molecule has 1 fully saturated rings. The maximum atomic E-state index is 10.6. The van der Waals surface area contributed by atoms with Crippen molar-refractivity contribution in [1.82, 2.24) is 10.2 Å². The molecule has 1 aliphatic heterocycles. The number of nitrogens with zero attached hydrogens (tertiary/aromatic N) is 1. The van der Waals surface area contributed by atoms with E-state index in [1.807, 2.05) is 6.08 Å². The molecule has 0 aromatic carbocycles. The van der Waals surface area contributed by atoms with Gasteiger partial charge in [0.2, 0.25) is 0 Å². The van der Waals surface area contributed by atoms with Gasteiger partial charge in [0.25, 0.3) is 0 Å². The number of hydrogen-bond acceptors (Lipinski definition) is 6. The fraction of sp³-hybridized carbons (Fsp3) is 0.684. The minimum atomic E-state index is -1.65. The molecule has 6 nitrogen and oxygen atoms in total. The van der Waals surface area contributed by atoms with Crippen molar-refractivity contribution in [2.75, 3.05) is 19.8 Å². The van der Waals surface area contributed by atoms with E-state index in [-0.39, 0.29) is 17.5 Å². The molecule has 0 amide bonds. The van der Waals surface area contributed by atoms with Crippen molar-refractivity contribution in [3.63, 3.8) is 0 Å². The van der Waals surface area contributed by atoms with Crippen LogP contribution in [0.5, 0.6) is 0 Å². The monoisotopic (exact) mass is 350 g/mol. The number of ether oxygens (including phenoxy) is 1. The average molecular weight is 350 g/mol. The predicted molar refractivity (Wildman–Crippen MR) is 95.4 cm³/mol. The zero-order chi connectivity index (χ0) is 18.0. The first-order valence-electron chi connectivity index (χ1n) is 9.32. The molecule has 25 heavy (non-hydrogen) atoms. The van der Waals surface area contributed by atoms with Gasteiger partial charge in [0.1, 0.15) is 6.10 Å². The fourth-order valence-electron chi connectivity index (χ4n) is 3.48. The molecule has 0 aromatic heterocycles. The second-order valence-corrected chi connectivity index (χ2v) is 7.17. The second kappa shape index (κ2) is 8.01. The van der Waals surface area contributed by atoms with Crippen molar-refractivity contribution >= 4 is 0 Å². The maximum Gasteiger partial charge on any atom is 0.178 e. The quantitative estimate of drug-likeness (QED) is 0.384. The topological polar surface area (TPSA) is 85.2 Å². The zero-order valence-corrected chi connectivity index (χ0v) is 15.1. The molecular formula is C19H30N2O4. The van der Waals surface area contributed by atoms with Gasteiger partial charge >= 0.3 is 0 Å². The molecule has 3 unspecified atom stereocenters. The van der Waals surface area contributed by atoms with Gasteiger partial charge in [-0.05, 0) is 25.2 Å². The lowest BCUT2D eigenvalue weighted by Crippen LogP contribution is -2.43. The minimum Gasteiger partial charge on any atom is -0.384 e. The summed E-state index contributed by atoms with van der Waals surface area (Å²) < 4.78 is 5.51. The Balaban J connectivity index is 1.75. The molecule has 140 valence electrons. The number of nitrogens with one attached hydrogen (secondary N) is 1. The summed E-state index contributed by atoms with van der Waals surface area (Å²) in [6.45, 7) is 6.42. The van der Waals surface area contributed by atoms with E-state index >= 15 is 0 Å². The zero-order valence-electron chi connectivity index (χ0n) is 15.1. The van der Waals surface area contributed by atoms with Crippen LogP contribution in [0.4, 0.5) is 0 Å². The molecular weight excluding hydrogens is 320 g/mol. The molecule has 1 saturated carbocycles. The summed E-state index contributed by atoms with van der Waals surface area (Å²) in [6, 6.07) is 0.491. The molecule has 0 spiro atoms. The Morgan fingerprint density at radius 1 is 1.28 bits per heavy atom. The summed E-state index contributed by atoms with van der Waals surface area (Å²) in [4.78, 5) is 2.10. The first-order valence-corrected chi connectivity index (χ1v) is 9.32. The van der Waals surface area contributed by atoms with Crippen molar-refractivity contribution in [1.29, 1.82) is 0 Å². The van der Waals surface area contributed by atoms with Crippen molar-refractivity contribution in [3.8, 4) is 0 Å². The van der Waals surface area contributed by atoms with Crippen LogP contribution in [0, 0.1) is 5.92 Å². The third-order valence-corrected chi connectivity index (χ3v) is 5.03. The van der Waals surface area contributed by atoms with E-state index in [0.29, 0.717) is 12.6 Å². The smallest absolute Gasteiger partial charge is 0.178 e. The molecule has 3 aliphatic rings. The van der Waals surface area contributed by atoms with E-state index in [4.69, 9.17) is 4.74 Å². The highest BCUT2D eigenvalue weighted by atomic mass is 16.5. The second-order valence-electron chi connectivity index (χ2n) is 7.17. The van der Waals surface area contributed by atoms with Crippen LogP contribution in [0.1, 0.15) is 33.1 Å². The van der Waals surface area contributed by atoms with E-state index < -0.39 is 12.4 Å². The Labute approximate surface area is 149 Å². The predicted octanol–water partition coefficient (Wildman–Crippen LogP) is 0.865. The van der Waals surface area contributed by atoms with Crippen LogP contribution in [0.25, 0.3) is 0 Å². The molecule has 3 rings (SSSR count). The van der Waals surface area contributed by atoms with Crippen LogP contribution in [-0.4, -0.2) is 64.5 Å². The molecule has 2 aliphatic carbocycles. The van der Waals surface area contributed by atoms with Gasteiger partial charge in [-0.15, -0.1) is 0 Å². The third-order valence-electron chi connectivity index (χ3n) is 5.03. The van der Waals surface area contributed by atoms with Gasteiger partial charge in [-0.2, -0.15) is 0 Å². The number of fused-ring (bicyclic) bond motifs is 1. The van der Waals surface area contributed by atoms with E-state index in [9.17, 15) is 15.3 Å². The highest BCUT2D eigenvalue weighted by Gasteiger charge is 2.40. The SMILES string of the molecule is CCCOCCNC1C=C2C(=CC1C)N(C1CC1)C=C(C(O)O)C2O. The van der Waals surface area contributed by atoms with E-state index in [2.05, 4.69) is 30.1 Å². The van der Waals surface area contributed by atoms with Crippen molar-refractivity contribution in [2.45, 2.75) is 57.6 Å². The summed E-state index contributed by atoms with van der Waals surface area (Å²) in [7, 11) is 0. The number of rotatable bonds is 8. The Morgan fingerprint density at radius 2 is 2.04 bits per heavy atom. The molecule has 4 N–H and O–H groups in total. The Bertz CT molecular complexity index is 566. The van der Waals surface area contributed by atoms with Crippen LogP contribution in [0.15, 0.2) is 35.2 Å². The fourth-order valence-corrected chi connectivity index (χ4v) is 3.48. The Morgan fingerprint density at radius 3 is 2.68 bits per heavy atom. The lowest BCUT2D eigenvalue weighted by atomic mass is 9.84. The number of aliphatic hydroxyl groups excluding tert-OH is 2. The molecule has 3 atom stereocenters. The lowest BCUT2D eigenvalue weighted by Gasteiger charge is -2.39. The van der Waals surface area contributed by atoms with E-state index in [1.54, 1.807) is 6.20 Å². The first kappa shape index (κ1) is 18.6. The van der Waals surface area contributed by atoms with Crippen LogP contribution in [-0.2, 0) is 4.74 Å². The summed E-state index contributed by atoms with van der Waals surface area (Å²) >= 11 is 0. The molecule has 0 bridgehead atoms. The van der Waals surface area contributed by atoms with Gasteiger partial charge in [0, 0.05) is 48.3 Å². The van der Waals surface area contributed by atoms with Crippen LogP contribution < -0.4 is 5.32 Å². The molecule has 1 heterocycles. The number of hydrogen-bond donors (Lipinski definition) is 4. The summed E-state index contributed by atoms with van der Waals surface area (Å²) in [6.07, 6.45) is 6.51. The van der Waals surface area contributed by atoms with Gasteiger partial charge < -0.3 is 30.3 Å². The first-order chi connectivity index (χ1) is 12.0. The van der Waals surface area contributed by atoms with Crippen molar-refractivity contribution < 1.29 is 20.1 Å². The van der Waals surface area contributed by atoms with Gasteiger partial charge in [0.15, 0.2) is 6.29 Å². The maximum absolute atomic E-state index is 10.6. The molecule has 6 heteroatoms. The van der Waals surface area contributed by atoms with Crippen molar-refractivity contribution in [2.24, 2.45) is 5.92 Å². The standard InChI is InChI=1S/C19H30N2O4/c1-3-7-25-8-6-20-16-10-14-17(9-12(16)2)21(13-4-5-13)11-15(18(14)22)19(23)24/h9-13,16,18-20,22-24H,3-8H2,1-2H3. The normalized spacial score (nSPS) is 29.3. The highest BCUT2D eigenvalue weighted by Crippen LogP contribution is 2.41. The van der Waals surface area contributed by atoms with Gasteiger partial charge in [-0.25, -0.2) is 0 Å². The summed E-state index contributed by atoms with van der Waals surface area (Å²) in [5, 5.41) is 33.3. The highest BCUT2D eigenvalue weighted by molar-refractivity contribution is 5.48. The van der Waals surface area contributed by atoms with E-state index in [0.717, 1.165) is 43.7 Å². The third kappa shape index (κ3) is 4.15. The van der Waals surface area contributed by atoms with Gasteiger partial charge in [-0.1, -0.05) is 26.0 Å². The van der Waals surface area contributed by atoms with Crippen LogP contribution >= 0.6 is 0 Å². The minimum absolute atomic E-state index is 0.0925. The summed E-state index contributed by atoms with van der Waals surface area (Å²) in [5.74, 6) is 0.285. The largest absolute Gasteiger partial charge is 0.384 e. The summed E-state index contributed by atoms with van der Waals surface area (Å²) in [5.41, 5.74) is 2.02. The van der Waals surface area contributed by atoms with Crippen LogP contribution in [0.3, 0.4) is 0 Å². The number of aliphatic hydroxyl groups is 3. The Hall–Kier alpha value is -1.18. The molecule has 0 saturated heterocycles. The lowest BCUT2D eigenvalue weighted by molar-refractivity contribution is -0.0238. The van der Waals surface area contributed by atoms with E-state index in [1.165, 1.54) is 0 Å². The molecule has 0 radical (unpaired) electrons.